The van der Waals surface area contributed by atoms with Gasteiger partial charge < -0.3 is 10.2 Å². The van der Waals surface area contributed by atoms with Crippen molar-refractivity contribution in [1.29, 1.82) is 0 Å². The Hall–Kier alpha value is -1.84. The molecular weight excluding hydrogens is 312 g/mol. The van der Waals surface area contributed by atoms with Crippen LogP contribution in [0.4, 0.5) is 0 Å². The van der Waals surface area contributed by atoms with Crippen LogP contribution < -0.4 is 5.32 Å². The number of benzene rings is 1. The van der Waals surface area contributed by atoms with Crippen molar-refractivity contribution in [2.75, 3.05) is 6.54 Å². The van der Waals surface area contributed by atoms with Crippen LogP contribution in [-0.4, -0.2) is 29.3 Å². The van der Waals surface area contributed by atoms with Crippen LogP contribution in [0, 0.1) is 10.8 Å². The third kappa shape index (κ3) is 3.88. The van der Waals surface area contributed by atoms with Gasteiger partial charge in [0.05, 0.1) is 0 Å². The Labute approximate surface area is 151 Å². The van der Waals surface area contributed by atoms with Gasteiger partial charge in [0.1, 0.15) is 0 Å². The number of nitrogens with one attached hydrogen (secondary N) is 1. The lowest BCUT2D eigenvalue weighted by atomic mass is 9.65. The molecule has 2 amide bonds. The summed E-state index contributed by atoms with van der Waals surface area (Å²) in [6, 6.07) is 8.04. The molecule has 2 aliphatic rings. The van der Waals surface area contributed by atoms with Crippen molar-refractivity contribution in [1.82, 2.24) is 10.2 Å². The van der Waals surface area contributed by atoms with E-state index in [-0.39, 0.29) is 17.2 Å². The van der Waals surface area contributed by atoms with Crippen LogP contribution >= 0.6 is 0 Å². The second-order valence-electron chi connectivity index (χ2n) is 8.97. The first-order valence-electron chi connectivity index (χ1n) is 9.38. The molecular formula is C21H30N2O2. The number of rotatable bonds is 4. The summed E-state index contributed by atoms with van der Waals surface area (Å²) < 4.78 is 0. The number of likely N-dealkylation sites (tertiary alicyclic amines) is 1. The van der Waals surface area contributed by atoms with Gasteiger partial charge >= 0.3 is 0 Å². The molecule has 1 aromatic rings. The van der Waals surface area contributed by atoms with E-state index in [4.69, 9.17) is 0 Å². The number of carbonyl (C=O) groups excluding carboxylic acids is 2. The Morgan fingerprint density at radius 1 is 1.16 bits per heavy atom. The molecule has 1 N–H and O–H groups in total. The fraction of sp³-hybridized carbons (Fsp3) is 0.619. The zero-order valence-electron chi connectivity index (χ0n) is 15.9. The first kappa shape index (κ1) is 18.0. The number of hydrogen-bond donors (Lipinski definition) is 1. The van der Waals surface area contributed by atoms with Crippen LogP contribution in [0.3, 0.4) is 0 Å². The summed E-state index contributed by atoms with van der Waals surface area (Å²) in [5.41, 5.74) is 2.34. The van der Waals surface area contributed by atoms with Crippen LogP contribution in [0.1, 0.15) is 69.3 Å². The van der Waals surface area contributed by atoms with Crippen LogP contribution in [0.2, 0.25) is 0 Å². The van der Waals surface area contributed by atoms with Gasteiger partial charge in [0.15, 0.2) is 0 Å². The molecule has 1 aromatic carbocycles. The van der Waals surface area contributed by atoms with Gasteiger partial charge in [-0.15, -0.1) is 0 Å². The highest BCUT2D eigenvalue weighted by Crippen LogP contribution is 2.52. The van der Waals surface area contributed by atoms with E-state index in [1.165, 1.54) is 6.42 Å². The molecule has 1 aliphatic carbocycles. The second-order valence-corrected chi connectivity index (χ2v) is 8.97. The fourth-order valence-electron chi connectivity index (χ4n) is 4.95. The monoisotopic (exact) mass is 342 g/mol. The quantitative estimate of drug-likeness (QED) is 0.906. The summed E-state index contributed by atoms with van der Waals surface area (Å²) in [5.74, 6) is 0.191. The average Bonchev–Trinajstić information content (AvgIpc) is 2.81. The Bertz CT molecular complexity index is 665. The zero-order valence-corrected chi connectivity index (χ0v) is 15.9. The standard InChI is InChI=1S/C21H30N2O2/c1-5-18(24)22-12-15-6-8-16(9-7-15)19(25)23-14-21(4)11-17(23)10-20(2,3)13-21/h6-9,17H,5,10-14H2,1-4H3,(H,22,24). The minimum Gasteiger partial charge on any atom is -0.352 e. The normalized spacial score (nSPS) is 27.2. The Morgan fingerprint density at radius 3 is 2.48 bits per heavy atom. The van der Waals surface area contributed by atoms with Crippen molar-refractivity contribution in [3.63, 3.8) is 0 Å². The summed E-state index contributed by atoms with van der Waals surface area (Å²) in [5, 5.41) is 2.86. The molecule has 2 bridgehead atoms. The van der Waals surface area contributed by atoms with E-state index >= 15 is 0 Å². The maximum atomic E-state index is 13.0. The van der Waals surface area contributed by atoms with Gasteiger partial charge in [0.25, 0.3) is 5.91 Å². The van der Waals surface area contributed by atoms with Gasteiger partial charge in [-0.3, -0.25) is 9.59 Å². The van der Waals surface area contributed by atoms with Crippen LogP contribution in [0.5, 0.6) is 0 Å². The molecule has 1 saturated carbocycles. The van der Waals surface area contributed by atoms with Crippen molar-refractivity contribution in [2.24, 2.45) is 10.8 Å². The second kappa shape index (κ2) is 6.47. The molecule has 0 spiro atoms. The number of nitrogens with zero attached hydrogens (tertiary/aromatic N) is 1. The first-order valence-corrected chi connectivity index (χ1v) is 9.38. The predicted octanol–water partition coefficient (Wildman–Crippen LogP) is 3.75. The SMILES string of the molecule is CCC(=O)NCc1ccc(C(=O)N2CC3(C)CC2CC(C)(C)C3)cc1. The lowest BCUT2D eigenvalue weighted by Gasteiger charge is -2.39. The molecule has 1 heterocycles. The minimum atomic E-state index is 0.0420. The summed E-state index contributed by atoms with van der Waals surface area (Å²) >= 11 is 0. The highest BCUT2D eigenvalue weighted by Gasteiger charge is 2.50. The topological polar surface area (TPSA) is 49.4 Å². The molecule has 1 saturated heterocycles. The van der Waals surface area contributed by atoms with Gasteiger partial charge in [-0.2, -0.15) is 0 Å². The van der Waals surface area contributed by atoms with Crippen molar-refractivity contribution >= 4 is 11.8 Å². The molecule has 25 heavy (non-hydrogen) atoms. The van der Waals surface area contributed by atoms with Crippen LogP contribution in [-0.2, 0) is 11.3 Å². The maximum Gasteiger partial charge on any atom is 0.254 e. The number of hydrogen-bond acceptors (Lipinski definition) is 2. The lowest BCUT2D eigenvalue weighted by molar-refractivity contribution is -0.120. The molecule has 1 aliphatic heterocycles. The van der Waals surface area contributed by atoms with Crippen molar-refractivity contribution < 1.29 is 9.59 Å². The van der Waals surface area contributed by atoms with E-state index in [9.17, 15) is 9.59 Å². The number of amides is 2. The summed E-state index contributed by atoms with van der Waals surface area (Å²) in [6.45, 7) is 10.2. The van der Waals surface area contributed by atoms with Gasteiger partial charge in [-0.05, 0) is 47.8 Å². The highest BCUT2D eigenvalue weighted by atomic mass is 16.2. The minimum absolute atomic E-state index is 0.0420. The van der Waals surface area contributed by atoms with Gasteiger partial charge in [-0.25, -0.2) is 0 Å². The van der Waals surface area contributed by atoms with E-state index in [2.05, 4.69) is 31.0 Å². The summed E-state index contributed by atoms with van der Waals surface area (Å²) in [6.07, 6.45) is 3.90. The third-order valence-electron chi connectivity index (χ3n) is 5.69. The molecule has 3 rings (SSSR count). The van der Waals surface area contributed by atoms with E-state index in [0.717, 1.165) is 30.5 Å². The molecule has 136 valence electrons. The maximum absolute atomic E-state index is 13.0. The number of fused-ring (bicyclic) bond motifs is 2. The largest absolute Gasteiger partial charge is 0.352 e. The van der Waals surface area contributed by atoms with Crippen LogP contribution in [0.25, 0.3) is 0 Å². The van der Waals surface area contributed by atoms with Crippen molar-refractivity contribution in [3.05, 3.63) is 35.4 Å². The van der Waals surface area contributed by atoms with Crippen molar-refractivity contribution in [2.45, 2.75) is 66.0 Å². The van der Waals surface area contributed by atoms with Gasteiger partial charge in [-0.1, -0.05) is 39.8 Å². The molecule has 2 atom stereocenters. The summed E-state index contributed by atoms with van der Waals surface area (Å²) in [4.78, 5) is 26.5. The van der Waals surface area contributed by atoms with E-state index < -0.39 is 0 Å². The lowest BCUT2D eigenvalue weighted by Crippen LogP contribution is -2.37. The molecule has 0 aromatic heterocycles. The fourth-order valence-corrected chi connectivity index (χ4v) is 4.95. The smallest absolute Gasteiger partial charge is 0.254 e. The van der Waals surface area contributed by atoms with Crippen molar-refractivity contribution in [3.8, 4) is 0 Å². The first-order chi connectivity index (χ1) is 11.7. The molecule has 2 fully saturated rings. The molecule has 0 radical (unpaired) electrons. The Morgan fingerprint density at radius 2 is 1.84 bits per heavy atom. The van der Waals surface area contributed by atoms with Crippen LogP contribution in [0.15, 0.2) is 24.3 Å². The van der Waals surface area contributed by atoms with E-state index in [1.54, 1.807) is 0 Å². The predicted molar refractivity (Wildman–Crippen MR) is 99.1 cm³/mol. The summed E-state index contributed by atoms with van der Waals surface area (Å²) in [7, 11) is 0. The molecule has 4 heteroatoms. The number of carbonyl (C=O) groups is 2. The van der Waals surface area contributed by atoms with Gasteiger partial charge in [0, 0.05) is 31.1 Å². The zero-order chi connectivity index (χ0) is 18.2. The van der Waals surface area contributed by atoms with E-state index in [0.29, 0.717) is 24.4 Å². The van der Waals surface area contributed by atoms with Gasteiger partial charge in [0.2, 0.25) is 5.91 Å². The van der Waals surface area contributed by atoms with E-state index in [1.807, 2.05) is 31.2 Å². The molecule has 2 unspecified atom stereocenters. The molecule has 4 nitrogen and oxygen atoms in total. The average molecular weight is 342 g/mol. The third-order valence-corrected chi connectivity index (χ3v) is 5.69. The highest BCUT2D eigenvalue weighted by molar-refractivity contribution is 5.94. The Kier molecular flexibility index (Phi) is 4.65. The Balaban J connectivity index is 1.68.